The van der Waals surface area contributed by atoms with E-state index in [1.165, 1.54) is 5.56 Å². The van der Waals surface area contributed by atoms with E-state index in [9.17, 15) is 10.5 Å². The fraction of sp³-hybridized carbons (Fsp3) is 0.391. The van der Waals surface area contributed by atoms with E-state index in [0.29, 0.717) is 23.1 Å². The zero-order chi connectivity index (χ0) is 18.8. The van der Waals surface area contributed by atoms with Crippen LogP contribution in [0.3, 0.4) is 0 Å². The summed E-state index contributed by atoms with van der Waals surface area (Å²) in [7, 11) is 0. The molecule has 0 bridgehead atoms. The fourth-order valence-electron chi connectivity index (χ4n) is 3.51. The van der Waals surface area contributed by atoms with Gasteiger partial charge in [0.15, 0.2) is 0 Å². The van der Waals surface area contributed by atoms with Gasteiger partial charge in [-0.15, -0.1) is 0 Å². The van der Waals surface area contributed by atoms with Crippen LogP contribution in [-0.2, 0) is 0 Å². The van der Waals surface area contributed by atoms with Gasteiger partial charge in [0.1, 0.15) is 0 Å². The van der Waals surface area contributed by atoms with E-state index >= 15 is 0 Å². The number of hydrogen-bond donors (Lipinski definition) is 0. The monoisotopic (exact) mass is 343 g/mol. The van der Waals surface area contributed by atoms with Crippen LogP contribution in [0.15, 0.2) is 36.4 Å². The average Bonchev–Trinajstić information content (AvgIpc) is 3.46. The molecule has 26 heavy (non-hydrogen) atoms. The maximum atomic E-state index is 9.64. The third-order valence-corrected chi connectivity index (χ3v) is 5.01. The van der Waals surface area contributed by atoms with Crippen molar-refractivity contribution in [1.29, 1.82) is 10.5 Å². The van der Waals surface area contributed by atoms with Crippen molar-refractivity contribution < 1.29 is 0 Å². The summed E-state index contributed by atoms with van der Waals surface area (Å²) in [4.78, 5) is 2.29. The Morgan fingerprint density at radius 1 is 0.846 bits per heavy atom. The Balaban J connectivity index is 2.09. The first-order chi connectivity index (χ1) is 12.5. The Kier molecular flexibility index (Phi) is 5.01. The molecule has 0 saturated heterocycles. The van der Waals surface area contributed by atoms with Gasteiger partial charge in [0.05, 0.1) is 23.3 Å². The number of rotatable bonds is 5. The number of benzene rings is 2. The summed E-state index contributed by atoms with van der Waals surface area (Å²) >= 11 is 0. The summed E-state index contributed by atoms with van der Waals surface area (Å²) in [5, 5.41) is 19.3. The first-order valence-electron chi connectivity index (χ1n) is 9.33. The van der Waals surface area contributed by atoms with E-state index in [1.54, 1.807) is 0 Å². The van der Waals surface area contributed by atoms with Crippen molar-refractivity contribution >= 4 is 11.4 Å². The standard InChI is InChI=1S/C23H25N3/c1-15(2)17-5-7-20(8-6-17)26(21-9-10-21)22-11-18(13-24)23(16(3)4)19(12-22)14-25/h5-8,11-12,15-16,21H,9-10H2,1-4H3. The van der Waals surface area contributed by atoms with E-state index in [1.807, 2.05) is 26.0 Å². The van der Waals surface area contributed by atoms with Crippen molar-refractivity contribution in [1.82, 2.24) is 0 Å². The molecule has 2 aromatic carbocycles. The minimum atomic E-state index is 0.146. The Morgan fingerprint density at radius 2 is 1.38 bits per heavy atom. The van der Waals surface area contributed by atoms with Gasteiger partial charge in [-0.25, -0.2) is 0 Å². The molecule has 132 valence electrons. The zero-order valence-corrected chi connectivity index (χ0v) is 16.0. The van der Waals surface area contributed by atoms with Crippen LogP contribution in [0.1, 0.15) is 74.6 Å². The number of nitrogens with zero attached hydrogens (tertiary/aromatic N) is 3. The Morgan fingerprint density at radius 3 is 1.77 bits per heavy atom. The van der Waals surface area contributed by atoms with Gasteiger partial charge in [0.2, 0.25) is 0 Å². The van der Waals surface area contributed by atoms with E-state index in [-0.39, 0.29) is 5.92 Å². The first kappa shape index (κ1) is 18.0. The molecule has 0 N–H and O–H groups in total. The highest BCUT2D eigenvalue weighted by Gasteiger charge is 2.31. The number of anilines is 2. The topological polar surface area (TPSA) is 50.8 Å². The van der Waals surface area contributed by atoms with Crippen molar-refractivity contribution in [2.75, 3.05) is 4.90 Å². The highest BCUT2D eigenvalue weighted by molar-refractivity contribution is 5.70. The van der Waals surface area contributed by atoms with Crippen molar-refractivity contribution in [2.45, 2.75) is 58.4 Å². The van der Waals surface area contributed by atoms with Gasteiger partial charge in [0.25, 0.3) is 0 Å². The summed E-state index contributed by atoms with van der Waals surface area (Å²) < 4.78 is 0. The van der Waals surface area contributed by atoms with Gasteiger partial charge < -0.3 is 4.90 Å². The highest BCUT2D eigenvalue weighted by atomic mass is 15.2. The first-order valence-corrected chi connectivity index (χ1v) is 9.33. The maximum Gasteiger partial charge on any atom is 0.0995 e. The second-order valence-electron chi connectivity index (χ2n) is 7.68. The Labute approximate surface area is 156 Å². The summed E-state index contributed by atoms with van der Waals surface area (Å²) in [6, 6.07) is 17.6. The molecule has 0 radical (unpaired) electrons. The van der Waals surface area contributed by atoms with Gasteiger partial charge in [-0.05, 0) is 60.1 Å². The molecule has 0 atom stereocenters. The second kappa shape index (κ2) is 7.22. The van der Waals surface area contributed by atoms with Crippen molar-refractivity contribution in [3.8, 4) is 12.1 Å². The lowest BCUT2D eigenvalue weighted by Crippen LogP contribution is -2.20. The van der Waals surface area contributed by atoms with Gasteiger partial charge in [-0.3, -0.25) is 0 Å². The molecule has 3 heteroatoms. The normalized spacial score (nSPS) is 13.5. The van der Waals surface area contributed by atoms with Gasteiger partial charge in [0, 0.05) is 17.4 Å². The summed E-state index contributed by atoms with van der Waals surface area (Å²) in [5.41, 5.74) is 5.46. The van der Waals surface area contributed by atoms with Crippen molar-refractivity contribution in [3.05, 3.63) is 58.7 Å². The van der Waals surface area contributed by atoms with Crippen LogP contribution in [0.25, 0.3) is 0 Å². The molecule has 1 aliphatic rings. The average molecular weight is 343 g/mol. The predicted molar refractivity (Wildman–Crippen MR) is 106 cm³/mol. The molecule has 3 nitrogen and oxygen atoms in total. The van der Waals surface area contributed by atoms with Crippen molar-refractivity contribution in [3.63, 3.8) is 0 Å². The lowest BCUT2D eigenvalue weighted by Gasteiger charge is -2.27. The summed E-state index contributed by atoms with van der Waals surface area (Å²) in [6.45, 7) is 8.44. The van der Waals surface area contributed by atoms with Crippen LogP contribution in [0.5, 0.6) is 0 Å². The van der Waals surface area contributed by atoms with E-state index < -0.39 is 0 Å². The van der Waals surface area contributed by atoms with Crippen LogP contribution in [0.4, 0.5) is 11.4 Å². The SMILES string of the molecule is CC(C)c1ccc(N(c2cc(C#N)c(C(C)C)c(C#N)c2)C2CC2)cc1. The lowest BCUT2D eigenvalue weighted by molar-refractivity contribution is 0.856. The predicted octanol–water partition coefficient (Wildman–Crippen LogP) is 5.98. The van der Waals surface area contributed by atoms with Crippen LogP contribution in [0, 0.1) is 22.7 Å². The molecule has 0 spiro atoms. The molecule has 2 aromatic rings. The van der Waals surface area contributed by atoms with E-state index in [2.05, 4.69) is 55.2 Å². The third-order valence-electron chi connectivity index (χ3n) is 5.01. The van der Waals surface area contributed by atoms with Crippen LogP contribution in [-0.4, -0.2) is 6.04 Å². The zero-order valence-electron chi connectivity index (χ0n) is 16.0. The van der Waals surface area contributed by atoms with Crippen LogP contribution in [0.2, 0.25) is 0 Å². The molecule has 1 saturated carbocycles. The molecule has 0 aliphatic heterocycles. The van der Waals surface area contributed by atoms with Gasteiger partial charge >= 0.3 is 0 Å². The molecule has 1 aliphatic carbocycles. The van der Waals surface area contributed by atoms with E-state index in [4.69, 9.17) is 0 Å². The van der Waals surface area contributed by atoms with E-state index in [0.717, 1.165) is 29.8 Å². The van der Waals surface area contributed by atoms with Crippen LogP contribution >= 0.6 is 0 Å². The van der Waals surface area contributed by atoms with Crippen LogP contribution < -0.4 is 4.90 Å². The minimum Gasteiger partial charge on any atom is -0.338 e. The number of nitriles is 2. The summed E-state index contributed by atoms with van der Waals surface area (Å²) in [5.74, 6) is 0.646. The smallest absolute Gasteiger partial charge is 0.0995 e. The van der Waals surface area contributed by atoms with Crippen molar-refractivity contribution in [2.24, 2.45) is 0 Å². The highest BCUT2D eigenvalue weighted by Crippen LogP contribution is 2.40. The minimum absolute atomic E-state index is 0.146. The quantitative estimate of drug-likeness (QED) is 0.671. The molecular formula is C23H25N3. The third kappa shape index (κ3) is 3.44. The number of hydrogen-bond acceptors (Lipinski definition) is 3. The molecule has 0 heterocycles. The molecule has 1 fully saturated rings. The fourth-order valence-corrected chi connectivity index (χ4v) is 3.51. The maximum absolute atomic E-state index is 9.64. The Hall–Kier alpha value is -2.78. The molecule has 0 aromatic heterocycles. The lowest BCUT2D eigenvalue weighted by atomic mass is 9.92. The molecule has 3 rings (SSSR count). The molecule has 0 unspecified atom stereocenters. The summed E-state index contributed by atoms with van der Waals surface area (Å²) in [6.07, 6.45) is 2.28. The Bertz CT molecular complexity index is 840. The largest absolute Gasteiger partial charge is 0.338 e. The molecule has 0 amide bonds. The molecular weight excluding hydrogens is 318 g/mol. The van der Waals surface area contributed by atoms with Gasteiger partial charge in [-0.2, -0.15) is 10.5 Å². The van der Waals surface area contributed by atoms with Gasteiger partial charge in [-0.1, -0.05) is 39.8 Å². The second-order valence-corrected chi connectivity index (χ2v) is 7.68.